The Kier molecular flexibility index (Phi) is 3.57. The molecule has 2 aliphatic rings. The van der Waals surface area contributed by atoms with Gasteiger partial charge in [0, 0.05) is 30.1 Å². The summed E-state index contributed by atoms with van der Waals surface area (Å²) in [5, 5.41) is 7.14. The maximum Gasteiger partial charge on any atom is 0.185 e. The number of thiazole rings is 1. The molecule has 1 N–H and O–H groups in total. The first-order valence-corrected chi connectivity index (χ1v) is 8.09. The lowest BCUT2D eigenvalue weighted by Crippen LogP contribution is -2.48. The number of nitrogens with zero attached hydrogens (tertiary/aromatic N) is 2. The maximum absolute atomic E-state index is 4.70. The third-order valence-corrected chi connectivity index (χ3v) is 5.20. The number of piperidine rings is 1. The van der Waals surface area contributed by atoms with Gasteiger partial charge in [-0.3, -0.25) is 0 Å². The molecule has 1 aromatic rings. The van der Waals surface area contributed by atoms with E-state index < -0.39 is 0 Å². The minimum atomic E-state index is 0.703. The highest BCUT2D eigenvalue weighted by atomic mass is 32.1. The van der Waals surface area contributed by atoms with Gasteiger partial charge in [0.2, 0.25) is 0 Å². The van der Waals surface area contributed by atoms with E-state index in [0.29, 0.717) is 6.04 Å². The van der Waals surface area contributed by atoms with Crippen molar-refractivity contribution < 1.29 is 0 Å². The third-order valence-electron chi connectivity index (χ3n) is 4.21. The average Bonchev–Trinajstić information content (AvgIpc) is 2.92. The highest BCUT2D eigenvalue weighted by Crippen LogP contribution is 2.33. The van der Waals surface area contributed by atoms with Gasteiger partial charge in [0.25, 0.3) is 0 Å². The summed E-state index contributed by atoms with van der Waals surface area (Å²) < 4.78 is 0. The van der Waals surface area contributed by atoms with E-state index in [-0.39, 0.29) is 0 Å². The number of fused-ring (bicyclic) bond motifs is 2. The second-order valence-corrected chi connectivity index (χ2v) is 6.56. The Morgan fingerprint density at radius 2 is 2.11 bits per heavy atom. The van der Waals surface area contributed by atoms with Crippen LogP contribution in [0.15, 0.2) is 5.38 Å². The van der Waals surface area contributed by atoms with Gasteiger partial charge >= 0.3 is 0 Å². The van der Waals surface area contributed by atoms with Crippen LogP contribution < -0.4 is 10.2 Å². The first kappa shape index (κ1) is 12.4. The largest absolute Gasteiger partial charge is 0.345 e. The van der Waals surface area contributed by atoms with Crippen LogP contribution in [0.3, 0.4) is 0 Å². The number of aryl methyl sites for hydroxylation is 1. The molecule has 2 bridgehead atoms. The maximum atomic E-state index is 4.70. The van der Waals surface area contributed by atoms with Crippen LogP contribution in [-0.4, -0.2) is 29.7 Å². The Balaban J connectivity index is 1.77. The Hall–Kier alpha value is -0.610. The molecule has 3 rings (SSSR count). The van der Waals surface area contributed by atoms with Crippen molar-refractivity contribution in [3.05, 3.63) is 11.1 Å². The second kappa shape index (κ2) is 5.17. The number of anilines is 1. The van der Waals surface area contributed by atoms with Gasteiger partial charge in [-0.1, -0.05) is 6.92 Å². The van der Waals surface area contributed by atoms with Crippen LogP contribution in [-0.2, 0) is 0 Å². The fourth-order valence-corrected chi connectivity index (χ4v) is 4.33. The van der Waals surface area contributed by atoms with E-state index in [4.69, 9.17) is 4.98 Å². The van der Waals surface area contributed by atoms with Gasteiger partial charge in [0.05, 0.1) is 5.69 Å². The number of nitrogens with one attached hydrogen (secondary N) is 1. The van der Waals surface area contributed by atoms with Crippen molar-refractivity contribution in [1.29, 1.82) is 0 Å². The van der Waals surface area contributed by atoms with Gasteiger partial charge in [0.15, 0.2) is 5.13 Å². The van der Waals surface area contributed by atoms with Gasteiger partial charge in [-0.15, -0.1) is 11.3 Å². The van der Waals surface area contributed by atoms with E-state index in [0.717, 1.165) is 24.3 Å². The fourth-order valence-electron chi connectivity index (χ4n) is 3.43. The van der Waals surface area contributed by atoms with E-state index in [1.54, 1.807) is 0 Å². The molecule has 3 nitrogen and oxygen atoms in total. The summed E-state index contributed by atoms with van der Waals surface area (Å²) >= 11 is 1.81. The molecule has 0 saturated carbocycles. The molecule has 0 radical (unpaired) electrons. The smallest absolute Gasteiger partial charge is 0.185 e. The van der Waals surface area contributed by atoms with E-state index in [9.17, 15) is 0 Å². The topological polar surface area (TPSA) is 28.2 Å². The Bertz CT molecular complexity index is 391. The van der Waals surface area contributed by atoms with Crippen LogP contribution in [0.25, 0.3) is 0 Å². The number of hydrogen-bond donors (Lipinski definition) is 1. The monoisotopic (exact) mass is 265 g/mol. The van der Waals surface area contributed by atoms with Crippen molar-refractivity contribution in [2.45, 2.75) is 64.1 Å². The normalized spacial score (nSPS) is 30.7. The first-order valence-electron chi connectivity index (χ1n) is 7.21. The van der Waals surface area contributed by atoms with E-state index >= 15 is 0 Å². The van der Waals surface area contributed by atoms with Crippen LogP contribution in [0.2, 0.25) is 0 Å². The van der Waals surface area contributed by atoms with Crippen molar-refractivity contribution >= 4 is 16.5 Å². The molecule has 3 heterocycles. The highest BCUT2D eigenvalue weighted by Gasteiger charge is 2.36. The van der Waals surface area contributed by atoms with Crippen molar-refractivity contribution in [3.8, 4) is 0 Å². The van der Waals surface area contributed by atoms with Crippen LogP contribution in [0.5, 0.6) is 0 Å². The van der Waals surface area contributed by atoms with Crippen LogP contribution in [0.1, 0.15) is 44.7 Å². The zero-order chi connectivity index (χ0) is 12.5. The van der Waals surface area contributed by atoms with Gasteiger partial charge < -0.3 is 10.2 Å². The summed E-state index contributed by atoms with van der Waals surface area (Å²) in [7, 11) is 0. The predicted octanol–water partition coefficient (Wildman–Crippen LogP) is 2.95. The number of aromatic nitrogens is 1. The molecule has 2 fully saturated rings. The summed E-state index contributed by atoms with van der Waals surface area (Å²) in [5.74, 6) is 0. The van der Waals surface area contributed by atoms with Crippen molar-refractivity contribution in [2.75, 3.05) is 11.4 Å². The standard InChI is InChI=1S/C14H23N3S/c1-3-6-17(14-15-10(2)9-18-14)13-7-11-4-5-12(8-13)16-11/h9,11-13,16H,3-8H2,1-2H3. The van der Waals surface area contributed by atoms with Crippen LogP contribution >= 0.6 is 11.3 Å². The number of hydrogen-bond acceptors (Lipinski definition) is 4. The molecular formula is C14H23N3S. The van der Waals surface area contributed by atoms with Gasteiger partial charge in [-0.25, -0.2) is 4.98 Å². The van der Waals surface area contributed by atoms with E-state index in [1.165, 1.54) is 37.2 Å². The fraction of sp³-hybridized carbons (Fsp3) is 0.786. The molecule has 2 saturated heterocycles. The predicted molar refractivity (Wildman–Crippen MR) is 77.5 cm³/mol. The first-order chi connectivity index (χ1) is 8.76. The Morgan fingerprint density at radius 1 is 1.39 bits per heavy atom. The second-order valence-electron chi connectivity index (χ2n) is 5.73. The molecule has 0 aliphatic carbocycles. The van der Waals surface area contributed by atoms with Crippen molar-refractivity contribution in [3.63, 3.8) is 0 Å². The van der Waals surface area contributed by atoms with E-state index in [2.05, 4.69) is 29.4 Å². The molecule has 0 aromatic carbocycles. The van der Waals surface area contributed by atoms with Crippen LogP contribution in [0.4, 0.5) is 5.13 Å². The third kappa shape index (κ3) is 2.41. The Labute approximate surface area is 114 Å². The minimum absolute atomic E-state index is 0.703. The molecule has 0 spiro atoms. The van der Waals surface area contributed by atoms with Gasteiger partial charge in [-0.05, 0) is 39.0 Å². The summed E-state index contributed by atoms with van der Waals surface area (Å²) in [5.41, 5.74) is 1.16. The number of rotatable bonds is 4. The quantitative estimate of drug-likeness (QED) is 0.907. The molecule has 2 aliphatic heterocycles. The van der Waals surface area contributed by atoms with Gasteiger partial charge in [-0.2, -0.15) is 0 Å². The molecular weight excluding hydrogens is 242 g/mol. The van der Waals surface area contributed by atoms with E-state index in [1.807, 2.05) is 11.3 Å². The molecule has 18 heavy (non-hydrogen) atoms. The lowest BCUT2D eigenvalue weighted by atomic mass is 9.98. The Morgan fingerprint density at radius 3 is 2.67 bits per heavy atom. The summed E-state index contributed by atoms with van der Waals surface area (Å²) in [6.07, 6.45) is 6.55. The summed E-state index contributed by atoms with van der Waals surface area (Å²) in [6.45, 7) is 5.51. The molecule has 2 unspecified atom stereocenters. The molecule has 4 heteroatoms. The summed E-state index contributed by atoms with van der Waals surface area (Å²) in [4.78, 5) is 7.27. The average molecular weight is 265 g/mol. The SMILES string of the molecule is CCCN(c1nc(C)cs1)C1CC2CCC(C1)N2. The zero-order valence-corrected chi connectivity index (χ0v) is 12.2. The lowest BCUT2D eigenvalue weighted by molar-refractivity contribution is 0.346. The van der Waals surface area contributed by atoms with Crippen molar-refractivity contribution in [1.82, 2.24) is 10.3 Å². The molecule has 1 aromatic heterocycles. The van der Waals surface area contributed by atoms with Gasteiger partial charge in [0.1, 0.15) is 0 Å². The van der Waals surface area contributed by atoms with Crippen LogP contribution in [0, 0.1) is 6.92 Å². The molecule has 100 valence electrons. The molecule has 0 amide bonds. The molecule has 2 atom stereocenters. The minimum Gasteiger partial charge on any atom is -0.345 e. The summed E-state index contributed by atoms with van der Waals surface area (Å²) in [6, 6.07) is 2.22. The van der Waals surface area contributed by atoms with Crippen molar-refractivity contribution in [2.24, 2.45) is 0 Å². The zero-order valence-electron chi connectivity index (χ0n) is 11.4. The highest BCUT2D eigenvalue weighted by molar-refractivity contribution is 7.13. The lowest BCUT2D eigenvalue weighted by Gasteiger charge is -2.37.